The number of hydrogen-bond acceptors (Lipinski definition) is 4. The van der Waals surface area contributed by atoms with E-state index in [2.05, 4.69) is 31.3 Å². The summed E-state index contributed by atoms with van der Waals surface area (Å²) in [5, 5.41) is 2.28. The molecule has 0 bridgehead atoms. The summed E-state index contributed by atoms with van der Waals surface area (Å²) in [6.45, 7) is 7.34. The van der Waals surface area contributed by atoms with Crippen LogP contribution in [0.1, 0.15) is 49.9 Å². The number of ether oxygens (including phenoxy) is 1. The predicted octanol–water partition coefficient (Wildman–Crippen LogP) is 5.31. The summed E-state index contributed by atoms with van der Waals surface area (Å²) in [5.74, 6) is -0.0643. The van der Waals surface area contributed by atoms with Gasteiger partial charge in [0.1, 0.15) is 17.9 Å². The van der Waals surface area contributed by atoms with E-state index >= 15 is 0 Å². The molecule has 0 saturated carbocycles. The number of rotatable bonds is 9. The number of barbiturate groups is 1. The summed E-state index contributed by atoms with van der Waals surface area (Å²) >= 11 is 0. The van der Waals surface area contributed by atoms with Gasteiger partial charge in [0, 0.05) is 11.9 Å². The molecule has 0 aliphatic carbocycles. The first kappa shape index (κ1) is 25.0. The van der Waals surface area contributed by atoms with Gasteiger partial charge in [-0.25, -0.2) is 9.69 Å². The van der Waals surface area contributed by atoms with Crippen molar-refractivity contribution >= 4 is 29.6 Å². The zero-order chi connectivity index (χ0) is 25.7. The van der Waals surface area contributed by atoms with Crippen molar-refractivity contribution in [2.45, 2.75) is 46.1 Å². The number of carbonyl (C=O) groups excluding carboxylic acids is 3. The molecule has 1 aromatic heterocycles. The number of aromatic nitrogens is 1. The zero-order valence-corrected chi connectivity index (χ0v) is 20.9. The molecule has 1 fully saturated rings. The average molecular weight is 486 g/mol. The number of nitrogens with zero attached hydrogens (tertiary/aromatic N) is 2. The number of hydrogen-bond donors (Lipinski definition) is 1. The van der Waals surface area contributed by atoms with Crippen LogP contribution in [0.15, 0.2) is 72.4 Å². The van der Waals surface area contributed by atoms with Crippen molar-refractivity contribution in [1.29, 1.82) is 0 Å². The van der Waals surface area contributed by atoms with Crippen LogP contribution in [0.25, 0.3) is 6.08 Å². The van der Waals surface area contributed by atoms with Gasteiger partial charge < -0.3 is 9.30 Å². The van der Waals surface area contributed by atoms with Gasteiger partial charge in [0.25, 0.3) is 11.8 Å². The first-order valence-corrected chi connectivity index (χ1v) is 12.3. The summed E-state index contributed by atoms with van der Waals surface area (Å²) < 4.78 is 7.80. The predicted molar refractivity (Wildman–Crippen MR) is 140 cm³/mol. The monoisotopic (exact) mass is 485 g/mol. The van der Waals surface area contributed by atoms with Crippen molar-refractivity contribution in [2.75, 3.05) is 11.5 Å². The van der Waals surface area contributed by atoms with E-state index < -0.39 is 17.8 Å². The van der Waals surface area contributed by atoms with Gasteiger partial charge in [-0.3, -0.25) is 14.9 Å². The minimum Gasteiger partial charge on any atom is -0.492 e. The molecule has 2 aromatic carbocycles. The molecule has 4 rings (SSSR count). The lowest BCUT2D eigenvalue weighted by atomic mass is 9.99. The molecule has 0 unspecified atom stereocenters. The Morgan fingerprint density at radius 3 is 2.36 bits per heavy atom. The third-order valence-electron chi connectivity index (χ3n) is 6.52. The first-order chi connectivity index (χ1) is 17.4. The third-order valence-corrected chi connectivity index (χ3v) is 6.52. The molecule has 186 valence electrons. The van der Waals surface area contributed by atoms with E-state index in [1.54, 1.807) is 12.1 Å². The van der Waals surface area contributed by atoms with Crippen molar-refractivity contribution in [3.05, 3.63) is 89.3 Å². The Morgan fingerprint density at radius 1 is 0.972 bits per heavy atom. The standard InChI is InChI=1S/C29H31N3O4/c1-4-20(3)22-10-14-25(15-11-22)36-18-17-31-16-6-7-24(31)19-26-27(33)30-29(35)32(28(26)34)23-12-8-21(5-2)9-13-23/h6-16,19-20H,4-5,17-18H2,1-3H3,(H,30,33,35)/b26-19+/t20-/m0/s1. The van der Waals surface area contributed by atoms with Gasteiger partial charge in [-0.1, -0.05) is 45.0 Å². The van der Waals surface area contributed by atoms with Crippen LogP contribution in [0.5, 0.6) is 5.75 Å². The first-order valence-electron chi connectivity index (χ1n) is 12.3. The van der Waals surface area contributed by atoms with Gasteiger partial charge in [-0.15, -0.1) is 0 Å². The number of aryl methyl sites for hydroxylation is 1. The number of amides is 4. The quantitative estimate of drug-likeness (QED) is 0.329. The van der Waals surface area contributed by atoms with Crippen molar-refractivity contribution in [1.82, 2.24) is 9.88 Å². The lowest BCUT2D eigenvalue weighted by molar-refractivity contribution is -0.122. The largest absolute Gasteiger partial charge is 0.492 e. The van der Waals surface area contributed by atoms with Gasteiger partial charge in [0.15, 0.2) is 0 Å². The molecule has 36 heavy (non-hydrogen) atoms. The Morgan fingerprint density at radius 2 is 1.69 bits per heavy atom. The molecule has 7 heteroatoms. The normalized spacial score (nSPS) is 15.8. The highest BCUT2D eigenvalue weighted by molar-refractivity contribution is 6.39. The van der Waals surface area contributed by atoms with Crippen LogP contribution in [0.2, 0.25) is 0 Å². The van der Waals surface area contributed by atoms with Crippen LogP contribution in [0, 0.1) is 0 Å². The lowest BCUT2D eigenvalue weighted by Gasteiger charge is -2.26. The Kier molecular flexibility index (Phi) is 7.68. The smallest absolute Gasteiger partial charge is 0.335 e. The number of benzene rings is 2. The summed E-state index contributed by atoms with van der Waals surface area (Å²) in [4.78, 5) is 39.2. The van der Waals surface area contributed by atoms with Crippen molar-refractivity contribution in [2.24, 2.45) is 0 Å². The van der Waals surface area contributed by atoms with Crippen molar-refractivity contribution in [3.63, 3.8) is 0 Å². The maximum absolute atomic E-state index is 13.2. The van der Waals surface area contributed by atoms with E-state index in [0.29, 0.717) is 30.5 Å². The minimum absolute atomic E-state index is 0.101. The molecule has 1 aliphatic heterocycles. The highest BCUT2D eigenvalue weighted by Crippen LogP contribution is 2.24. The van der Waals surface area contributed by atoms with E-state index in [1.807, 2.05) is 54.1 Å². The van der Waals surface area contributed by atoms with Gasteiger partial charge in [0.05, 0.1) is 12.2 Å². The summed E-state index contributed by atoms with van der Waals surface area (Å²) in [7, 11) is 0. The minimum atomic E-state index is -0.755. The number of urea groups is 1. The van der Waals surface area contributed by atoms with E-state index in [0.717, 1.165) is 29.1 Å². The Balaban J connectivity index is 1.47. The summed E-state index contributed by atoms with van der Waals surface area (Å²) in [5.41, 5.74) is 3.35. The molecule has 1 saturated heterocycles. The van der Waals surface area contributed by atoms with Crippen molar-refractivity contribution in [3.8, 4) is 5.75 Å². The fourth-order valence-corrected chi connectivity index (χ4v) is 4.07. The molecule has 2 heterocycles. The molecule has 4 amide bonds. The molecule has 0 spiro atoms. The van der Waals surface area contributed by atoms with Crippen LogP contribution in [0.4, 0.5) is 10.5 Å². The molecular formula is C29H31N3O4. The second kappa shape index (κ2) is 11.1. The van der Waals surface area contributed by atoms with Gasteiger partial charge in [-0.2, -0.15) is 0 Å². The molecule has 7 nitrogen and oxygen atoms in total. The van der Waals surface area contributed by atoms with E-state index in [1.165, 1.54) is 11.6 Å². The van der Waals surface area contributed by atoms with Crippen LogP contribution >= 0.6 is 0 Å². The van der Waals surface area contributed by atoms with Gasteiger partial charge >= 0.3 is 6.03 Å². The Labute approximate surface area is 211 Å². The fraction of sp³-hybridized carbons (Fsp3) is 0.276. The second-order valence-corrected chi connectivity index (χ2v) is 8.83. The lowest BCUT2D eigenvalue weighted by Crippen LogP contribution is -2.54. The number of anilines is 1. The van der Waals surface area contributed by atoms with Crippen LogP contribution in [-0.4, -0.2) is 29.0 Å². The maximum Gasteiger partial charge on any atom is 0.335 e. The van der Waals surface area contributed by atoms with Crippen LogP contribution in [-0.2, 0) is 22.6 Å². The van der Waals surface area contributed by atoms with Gasteiger partial charge in [-0.05, 0) is 72.4 Å². The third kappa shape index (κ3) is 5.40. The van der Waals surface area contributed by atoms with E-state index in [9.17, 15) is 14.4 Å². The van der Waals surface area contributed by atoms with Crippen LogP contribution < -0.4 is 15.0 Å². The maximum atomic E-state index is 13.2. The van der Waals surface area contributed by atoms with Crippen molar-refractivity contribution < 1.29 is 19.1 Å². The molecular weight excluding hydrogens is 454 g/mol. The molecule has 3 aromatic rings. The average Bonchev–Trinajstić information content (AvgIpc) is 3.33. The second-order valence-electron chi connectivity index (χ2n) is 8.83. The van der Waals surface area contributed by atoms with E-state index in [-0.39, 0.29) is 5.57 Å². The Hall–Kier alpha value is -4.13. The fourth-order valence-electron chi connectivity index (χ4n) is 4.07. The number of carbonyl (C=O) groups is 3. The highest BCUT2D eigenvalue weighted by Gasteiger charge is 2.36. The molecule has 0 radical (unpaired) electrons. The summed E-state index contributed by atoms with van der Waals surface area (Å²) in [6.07, 6.45) is 5.30. The Bertz CT molecular complexity index is 1270. The SMILES string of the molecule is CCc1ccc(N2C(=O)NC(=O)/C(=C\c3cccn3CCOc3ccc([C@@H](C)CC)cc3)C2=O)cc1. The zero-order valence-electron chi connectivity index (χ0n) is 20.9. The van der Waals surface area contributed by atoms with Gasteiger partial charge in [0.2, 0.25) is 0 Å². The van der Waals surface area contributed by atoms with E-state index in [4.69, 9.17) is 4.74 Å². The molecule has 1 aliphatic rings. The number of imide groups is 2. The topological polar surface area (TPSA) is 80.6 Å². The summed E-state index contributed by atoms with van der Waals surface area (Å²) in [6, 6.07) is 18.2. The highest BCUT2D eigenvalue weighted by atomic mass is 16.5. The molecule has 1 atom stereocenters. The van der Waals surface area contributed by atoms with Crippen LogP contribution in [0.3, 0.4) is 0 Å². The molecule has 1 N–H and O–H groups in total. The number of nitrogens with one attached hydrogen (secondary N) is 1.